The molecule has 1 amide bonds. The zero-order valence-electron chi connectivity index (χ0n) is 16.8. The Kier molecular flexibility index (Phi) is 6.84. The molecule has 0 saturated carbocycles. The van der Waals surface area contributed by atoms with Crippen LogP contribution >= 0.6 is 11.3 Å². The van der Waals surface area contributed by atoms with Crippen LogP contribution in [0, 0.1) is 0 Å². The zero-order chi connectivity index (χ0) is 21.0. The summed E-state index contributed by atoms with van der Waals surface area (Å²) >= 11 is 1.18. The van der Waals surface area contributed by atoms with Gasteiger partial charge in [0.1, 0.15) is 10.3 Å². The van der Waals surface area contributed by atoms with Crippen molar-refractivity contribution in [2.75, 3.05) is 39.4 Å². The van der Waals surface area contributed by atoms with Crippen molar-refractivity contribution in [3.63, 3.8) is 0 Å². The maximum absolute atomic E-state index is 13.2. The minimum Gasteiger partial charge on any atom is -0.379 e. The fourth-order valence-electron chi connectivity index (χ4n) is 3.96. The van der Waals surface area contributed by atoms with E-state index in [1.165, 1.54) is 15.6 Å². The zero-order valence-corrected chi connectivity index (χ0v) is 18.5. The molecule has 1 aromatic heterocycles. The largest absolute Gasteiger partial charge is 0.379 e. The number of hydrogen-bond donors (Lipinski definition) is 1. The second kappa shape index (κ2) is 9.57. The predicted molar refractivity (Wildman–Crippen MR) is 116 cm³/mol. The summed E-state index contributed by atoms with van der Waals surface area (Å²) in [6.07, 6.45) is 1.21. The molecule has 1 atom stereocenters. The summed E-state index contributed by atoms with van der Waals surface area (Å²) in [6, 6.07) is 10.3. The van der Waals surface area contributed by atoms with Gasteiger partial charge in [-0.1, -0.05) is 30.3 Å². The fourth-order valence-corrected chi connectivity index (χ4v) is 6.64. The van der Waals surface area contributed by atoms with Crippen molar-refractivity contribution in [2.45, 2.75) is 29.6 Å². The molecule has 0 radical (unpaired) electrons. The Morgan fingerprint density at radius 2 is 1.90 bits per heavy atom. The number of ether oxygens (including phenoxy) is 1. The SMILES string of the molecule is O=C(NCCCN1CCOCC1)[C@H]1Cc2ccccc2CN1S(=O)(=O)c1cccs1. The van der Waals surface area contributed by atoms with Gasteiger partial charge in [0.25, 0.3) is 10.0 Å². The highest BCUT2D eigenvalue weighted by Crippen LogP contribution is 2.30. The van der Waals surface area contributed by atoms with Crippen LogP contribution in [0.2, 0.25) is 0 Å². The number of carbonyl (C=O) groups is 1. The molecular weight excluding hydrogens is 422 g/mol. The van der Waals surface area contributed by atoms with Gasteiger partial charge in [-0.05, 0) is 42.0 Å². The summed E-state index contributed by atoms with van der Waals surface area (Å²) in [5, 5.41) is 4.71. The summed E-state index contributed by atoms with van der Waals surface area (Å²) in [5.41, 5.74) is 1.98. The summed E-state index contributed by atoms with van der Waals surface area (Å²) in [7, 11) is -3.73. The Bertz CT molecular complexity index is 956. The molecule has 1 aromatic carbocycles. The van der Waals surface area contributed by atoms with E-state index >= 15 is 0 Å². The number of nitrogens with one attached hydrogen (secondary N) is 1. The Hall–Kier alpha value is -1.78. The number of amides is 1. The highest BCUT2D eigenvalue weighted by molar-refractivity contribution is 7.91. The highest BCUT2D eigenvalue weighted by atomic mass is 32.2. The maximum atomic E-state index is 13.2. The molecule has 3 heterocycles. The topological polar surface area (TPSA) is 79.0 Å². The molecule has 0 spiro atoms. The van der Waals surface area contributed by atoms with E-state index in [0.717, 1.165) is 50.4 Å². The van der Waals surface area contributed by atoms with Gasteiger partial charge >= 0.3 is 0 Å². The average Bonchev–Trinajstić information content (AvgIpc) is 3.32. The minimum absolute atomic E-state index is 0.211. The fraction of sp³-hybridized carbons (Fsp3) is 0.476. The first-order valence-corrected chi connectivity index (χ1v) is 12.6. The molecule has 4 rings (SSSR count). The average molecular weight is 450 g/mol. The van der Waals surface area contributed by atoms with E-state index in [-0.39, 0.29) is 16.7 Å². The lowest BCUT2D eigenvalue weighted by atomic mass is 9.95. The standard InChI is InChI=1S/C21H27N3O4S2/c25-21(22-8-4-9-23-10-12-28-13-11-23)19-15-17-5-1-2-6-18(17)16-24(19)30(26,27)20-7-3-14-29-20/h1-3,5-7,14,19H,4,8-13,15-16H2,(H,22,25)/t19-/m1/s1. The number of benzene rings is 1. The number of hydrogen-bond acceptors (Lipinski definition) is 6. The molecular formula is C21H27N3O4S2. The minimum atomic E-state index is -3.73. The van der Waals surface area contributed by atoms with E-state index in [1.807, 2.05) is 24.3 Å². The molecule has 9 heteroatoms. The monoisotopic (exact) mass is 449 g/mol. The summed E-state index contributed by atoms with van der Waals surface area (Å²) in [4.78, 5) is 15.4. The number of morpholine rings is 1. The molecule has 0 bridgehead atoms. The van der Waals surface area contributed by atoms with Crippen LogP contribution in [0.3, 0.4) is 0 Å². The molecule has 2 aliphatic heterocycles. The smallest absolute Gasteiger partial charge is 0.253 e. The number of sulfonamides is 1. The lowest BCUT2D eigenvalue weighted by molar-refractivity contribution is -0.125. The van der Waals surface area contributed by atoms with Gasteiger partial charge in [0.05, 0.1) is 13.2 Å². The first-order valence-electron chi connectivity index (χ1n) is 10.3. The van der Waals surface area contributed by atoms with Crippen molar-refractivity contribution >= 4 is 27.3 Å². The van der Waals surface area contributed by atoms with Gasteiger partial charge < -0.3 is 10.1 Å². The third-order valence-electron chi connectivity index (χ3n) is 5.62. The van der Waals surface area contributed by atoms with E-state index in [2.05, 4.69) is 10.2 Å². The lowest BCUT2D eigenvalue weighted by Crippen LogP contribution is -2.52. The van der Waals surface area contributed by atoms with Gasteiger partial charge in [-0.15, -0.1) is 11.3 Å². The van der Waals surface area contributed by atoms with Crippen LogP contribution in [0.25, 0.3) is 0 Å². The third kappa shape index (κ3) is 4.76. The maximum Gasteiger partial charge on any atom is 0.253 e. The van der Waals surface area contributed by atoms with Gasteiger partial charge in [0.15, 0.2) is 0 Å². The van der Waals surface area contributed by atoms with Crippen LogP contribution in [0.15, 0.2) is 46.0 Å². The van der Waals surface area contributed by atoms with Crippen molar-refractivity contribution in [2.24, 2.45) is 0 Å². The third-order valence-corrected chi connectivity index (χ3v) is 8.85. The molecule has 0 aliphatic carbocycles. The summed E-state index contributed by atoms with van der Waals surface area (Å²) < 4.78 is 33.5. The van der Waals surface area contributed by atoms with Gasteiger partial charge in [0.2, 0.25) is 5.91 Å². The number of thiophene rings is 1. The van der Waals surface area contributed by atoms with Crippen LogP contribution in [0.5, 0.6) is 0 Å². The second-order valence-corrected chi connectivity index (χ2v) is 10.6. The Morgan fingerprint density at radius 1 is 1.13 bits per heavy atom. The summed E-state index contributed by atoms with van der Waals surface area (Å²) in [6.45, 7) is 4.98. The van der Waals surface area contributed by atoms with Gasteiger partial charge in [0, 0.05) is 26.2 Å². The van der Waals surface area contributed by atoms with Gasteiger partial charge in [-0.2, -0.15) is 4.31 Å². The number of fused-ring (bicyclic) bond motifs is 1. The van der Waals surface area contributed by atoms with E-state index in [0.29, 0.717) is 13.0 Å². The van der Waals surface area contributed by atoms with Crippen LogP contribution in [-0.2, 0) is 32.5 Å². The van der Waals surface area contributed by atoms with Crippen molar-refractivity contribution in [3.05, 3.63) is 52.9 Å². The van der Waals surface area contributed by atoms with Crippen LogP contribution < -0.4 is 5.32 Å². The molecule has 1 N–H and O–H groups in total. The van der Waals surface area contributed by atoms with Crippen LogP contribution in [0.4, 0.5) is 0 Å². The first kappa shape index (κ1) is 21.5. The number of nitrogens with zero attached hydrogens (tertiary/aromatic N) is 2. The Balaban J connectivity index is 1.45. The molecule has 30 heavy (non-hydrogen) atoms. The second-order valence-electron chi connectivity index (χ2n) is 7.57. The quantitative estimate of drug-likeness (QED) is 0.651. The van der Waals surface area contributed by atoms with Crippen LogP contribution in [-0.4, -0.2) is 69.0 Å². The molecule has 162 valence electrons. The molecule has 7 nitrogen and oxygen atoms in total. The van der Waals surface area contributed by atoms with E-state index in [1.54, 1.807) is 17.5 Å². The number of rotatable bonds is 7. The van der Waals surface area contributed by atoms with E-state index in [9.17, 15) is 13.2 Å². The van der Waals surface area contributed by atoms with Gasteiger partial charge in [-0.3, -0.25) is 9.69 Å². The number of carbonyl (C=O) groups excluding carboxylic acids is 1. The molecule has 0 unspecified atom stereocenters. The van der Waals surface area contributed by atoms with Crippen molar-refractivity contribution < 1.29 is 17.9 Å². The summed E-state index contributed by atoms with van der Waals surface area (Å²) in [5.74, 6) is -0.230. The van der Waals surface area contributed by atoms with Gasteiger partial charge in [-0.25, -0.2) is 8.42 Å². The Morgan fingerprint density at radius 3 is 2.63 bits per heavy atom. The molecule has 1 fully saturated rings. The van der Waals surface area contributed by atoms with E-state index < -0.39 is 16.1 Å². The lowest BCUT2D eigenvalue weighted by Gasteiger charge is -2.34. The van der Waals surface area contributed by atoms with Crippen molar-refractivity contribution in [1.82, 2.24) is 14.5 Å². The van der Waals surface area contributed by atoms with E-state index in [4.69, 9.17) is 4.74 Å². The normalized spacial score (nSPS) is 20.6. The van der Waals surface area contributed by atoms with Crippen molar-refractivity contribution in [3.8, 4) is 0 Å². The first-order chi connectivity index (χ1) is 14.6. The highest BCUT2D eigenvalue weighted by Gasteiger charge is 2.39. The molecule has 2 aliphatic rings. The van der Waals surface area contributed by atoms with Crippen molar-refractivity contribution in [1.29, 1.82) is 0 Å². The predicted octanol–water partition coefficient (Wildman–Crippen LogP) is 1.70. The molecule has 1 saturated heterocycles. The van der Waals surface area contributed by atoms with Crippen LogP contribution in [0.1, 0.15) is 17.5 Å². The Labute approximate surface area is 181 Å². The molecule has 2 aromatic rings.